The highest BCUT2D eigenvalue weighted by atomic mass is 32.1. The molecule has 18 heavy (non-hydrogen) atoms. The van der Waals surface area contributed by atoms with E-state index < -0.39 is 11.6 Å². The van der Waals surface area contributed by atoms with Gasteiger partial charge in [0.1, 0.15) is 16.6 Å². The molecule has 0 bridgehead atoms. The van der Waals surface area contributed by atoms with Crippen LogP contribution >= 0.6 is 11.3 Å². The number of nitrogens with two attached hydrogens (primary N) is 1. The Bertz CT molecular complexity index is 570. The maximum atomic E-state index is 13.2. The maximum absolute atomic E-state index is 13.2. The first-order valence-corrected chi connectivity index (χ1v) is 6.65. The van der Waals surface area contributed by atoms with E-state index in [-0.39, 0.29) is 0 Å². The minimum absolute atomic E-state index is 0.432. The van der Waals surface area contributed by atoms with E-state index in [0.29, 0.717) is 23.0 Å². The summed E-state index contributed by atoms with van der Waals surface area (Å²) in [6.45, 7) is 0.432. The van der Waals surface area contributed by atoms with E-state index in [1.54, 1.807) is 0 Å². The van der Waals surface area contributed by atoms with Gasteiger partial charge >= 0.3 is 0 Å². The quantitative estimate of drug-likeness (QED) is 0.924. The molecule has 0 radical (unpaired) electrons. The second-order valence-corrected chi connectivity index (χ2v) is 5.55. The molecular weight excluding hydrogens is 254 g/mol. The van der Waals surface area contributed by atoms with Crippen molar-refractivity contribution < 1.29 is 8.78 Å². The second-order valence-electron chi connectivity index (χ2n) is 4.46. The summed E-state index contributed by atoms with van der Waals surface area (Å²) in [6, 6.07) is 3.47. The largest absolute Gasteiger partial charge is 0.326 e. The van der Waals surface area contributed by atoms with Crippen molar-refractivity contribution in [2.75, 3.05) is 0 Å². The Kier molecular flexibility index (Phi) is 2.87. The number of halogens is 2. The summed E-state index contributed by atoms with van der Waals surface area (Å²) in [5, 5.41) is 0.649. The van der Waals surface area contributed by atoms with Gasteiger partial charge in [-0.25, -0.2) is 13.8 Å². The first-order chi connectivity index (χ1) is 8.67. The molecule has 1 aliphatic carbocycles. The Morgan fingerprint density at radius 2 is 1.89 bits per heavy atom. The third kappa shape index (κ3) is 2.15. The van der Waals surface area contributed by atoms with Crippen molar-refractivity contribution in [3.05, 3.63) is 40.4 Å². The Morgan fingerprint density at radius 1 is 1.22 bits per heavy atom. The van der Waals surface area contributed by atoms with E-state index in [0.717, 1.165) is 29.5 Å². The molecule has 0 amide bonds. The molecule has 0 atom stereocenters. The minimum Gasteiger partial charge on any atom is -0.326 e. The lowest BCUT2D eigenvalue weighted by molar-refractivity contribution is 0.584. The van der Waals surface area contributed by atoms with Gasteiger partial charge in [0.15, 0.2) is 0 Å². The van der Waals surface area contributed by atoms with E-state index in [2.05, 4.69) is 4.98 Å². The molecule has 2 aromatic rings. The second kappa shape index (κ2) is 4.40. The summed E-state index contributed by atoms with van der Waals surface area (Å²) in [7, 11) is 0. The van der Waals surface area contributed by atoms with E-state index in [1.165, 1.54) is 23.5 Å². The van der Waals surface area contributed by atoms with Crippen LogP contribution in [0.1, 0.15) is 29.3 Å². The zero-order valence-electron chi connectivity index (χ0n) is 9.62. The van der Waals surface area contributed by atoms with Gasteiger partial charge in [0.2, 0.25) is 0 Å². The number of hydrogen-bond acceptors (Lipinski definition) is 3. The smallest absolute Gasteiger partial charge is 0.126 e. The normalized spacial score (nSPS) is 15.1. The maximum Gasteiger partial charge on any atom is 0.126 e. The predicted octanol–water partition coefficient (Wildman–Crippen LogP) is 3.42. The Hall–Kier alpha value is -1.33. The van der Waals surface area contributed by atoms with Crippen LogP contribution in [-0.4, -0.2) is 4.98 Å². The number of thiazole rings is 1. The molecule has 0 unspecified atom stereocenters. The molecular formula is C13H12F2N2S. The van der Waals surface area contributed by atoms with Crippen molar-refractivity contribution in [1.29, 1.82) is 0 Å². The van der Waals surface area contributed by atoms with Gasteiger partial charge in [-0.1, -0.05) is 0 Å². The van der Waals surface area contributed by atoms with Crippen LogP contribution in [0.3, 0.4) is 0 Å². The highest BCUT2D eigenvalue weighted by Crippen LogP contribution is 2.44. The molecule has 2 N–H and O–H groups in total. The van der Waals surface area contributed by atoms with Gasteiger partial charge in [-0.05, 0) is 25.0 Å². The van der Waals surface area contributed by atoms with Gasteiger partial charge in [-0.2, -0.15) is 0 Å². The van der Waals surface area contributed by atoms with Crippen molar-refractivity contribution in [2.45, 2.75) is 25.3 Å². The van der Waals surface area contributed by atoms with Gasteiger partial charge in [0.05, 0.1) is 5.69 Å². The molecule has 0 aliphatic heterocycles. The Labute approximate surface area is 107 Å². The zero-order valence-corrected chi connectivity index (χ0v) is 10.4. The highest BCUT2D eigenvalue weighted by Gasteiger charge is 2.29. The van der Waals surface area contributed by atoms with E-state index >= 15 is 0 Å². The monoisotopic (exact) mass is 266 g/mol. The number of nitrogens with zero attached hydrogens (tertiary/aromatic N) is 1. The third-order valence-electron chi connectivity index (χ3n) is 2.99. The molecule has 1 heterocycles. The van der Waals surface area contributed by atoms with E-state index in [4.69, 9.17) is 5.73 Å². The molecule has 1 aromatic carbocycles. The first kappa shape index (κ1) is 11.7. The fraction of sp³-hybridized carbons (Fsp3) is 0.308. The van der Waals surface area contributed by atoms with E-state index in [9.17, 15) is 8.78 Å². The van der Waals surface area contributed by atoms with Gasteiger partial charge in [-0.3, -0.25) is 0 Å². The van der Waals surface area contributed by atoms with Gasteiger partial charge < -0.3 is 5.73 Å². The summed E-state index contributed by atoms with van der Waals surface area (Å²) in [5.74, 6) is -0.670. The molecule has 1 aliphatic rings. The first-order valence-electron chi connectivity index (χ1n) is 5.83. The van der Waals surface area contributed by atoms with E-state index in [1.807, 2.05) is 0 Å². The molecule has 94 valence electrons. The fourth-order valence-corrected chi connectivity index (χ4v) is 3.00. The van der Waals surface area contributed by atoms with Crippen LogP contribution in [0.25, 0.3) is 10.6 Å². The Morgan fingerprint density at radius 3 is 2.44 bits per heavy atom. The lowest BCUT2D eigenvalue weighted by Gasteiger charge is -1.97. The SMILES string of the molecule is NCc1sc(-c2cc(F)cc(F)c2)nc1C1CC1. The number of benzene rings is 1. The molecule has 2 nitrogen and oxygen atoms in total. The van der Waals surface area contributed by atoms with Crippen molar-refractivity contribution in [2.24, 2.45) is 5.73 Å². The molecule has 0 spiro atoms. The Balaban J connectivity index is 2.05. The fourth-order valence-electron chi connectivity index (χ4n) is 1.99. The van der Waals surface area contributed by atoms with Crippen molar-refractivity contribution in [3.8, 4) is 10.6 Å². The zero-order chi connectivity index (χ0) is 12.7. The molecule has 1 fully saturated rings. The summed E-state index contributed by atoms with van der Waals surface area (Å²) in [4.78, 5) is 5.53. The van der Waals surface area contributed by atoms with Crippen LogP contribution in [0.5, 0.6) is 0 Å². The van der Waals surface area contributed by atoms with Crippen molar-refractivity contribution in [3.63, 3.8) is 0 Å². The predicted molar refractivity (Wildman–Crippen MR) is 67.3 cm³/mol. The van der Waals surface area contributed by atoms with Gasteiger partial charge in [0.25, 0.3) is 0 Å². The standard InChI is InChI=1S/C13H12F2N2S/c14-9-3-8(4-10(15)5-9)13-17-12(7-1-2-7)11(6-16)18-13/h3-5,7H,1-2,6,16H2. The summed E-state index contributed by atoms with van der Waals surface area (Å²) >= 11 is 1.43. The molecule has 1 aromatic heterocycles. The average Bonchev–Trinajstić information content (AvgIpc) is 3.07. The molecule has 3 rings (SSSR count). The number of hydrogen-bond donors (Lipinski definition) is 1. The highest BCUT2D eigenvalue weighted by molar-refractivity contribution is 7.15. The van der Waals surface area contributed by atoms with Crippen LogP contribution in [0, 0.1) is 11.6 Å². The summed E-state index contributed by atoms with van der Waals surface area (Å²) in [5.41, 5.74) is 7.19. The average molecular weight is 266 g/mol. The minimum atomic E-state index is -0.581. The lowest BCUT2D eigenvalue weighted by Crippen LogP contribution is -1.96. The summed E-state index contributed by atoms with van der Waals surface area (Å²) in [6.07, 6.45) is 2.27. The van der Waals surface area contributed by atoms with Crippen LogP contribution in [0.15, 0.2) is 18.2 Å². The van der Waals surface area contributed by atoms with Crippen LogP contribution in [0.2, 0.25) is 0 Å². The topological polar surface area (TPSA) is 38.9 Å². The van der Waals surface area contributed by atoms with Crippen molar-refractivity contribution in [1.82, 2.24) is 4.98 Å². The van der Waals surface area contributed by atoms with Gasteiger partial charge in [-0.15, -0.1) is 11.3 Å². The van der Waals surface area contributed by atoms with Crippen molar-refractivity contribution >= 4 is 11.3 Å². The molecule has 0 saturated heterocycles. The number of rotatable bonds is 3. The number of aromatic nitrogens is 1. The third-order valence-corrected chi connectivity index (χ3v) is 4.13. The molecule has 1 saturated carbocycles. The van der Waals surface area contributed by atoms with Crippen LogP contribution in [0.4, 0.5) is 8.78 Å². The summed E-state index contributed by atoms with van der Waals surface area (Å²) < 4.78 is 26.4. The van der Waals surface area contributed by atoms with Gasteiger partial charge in [0, 0.05) is 29.0 Å². The van der Waals surface area contributed by atoms with Crippen LogP contribution in [-0.2, 0) is 6.54 Å². The van der Waals surface area contributed by atoms with Crippen LogP contribution < -0.4 is 5.73 Å². The lowest BCUT2D eigenvalue weighted by atomic mass is 10.2. The molecule has 5 heteroatoms.